The highest BCUT2D eigenvalue weighted by Gasteiger charge is 2.21. The van der Waals surface area contributed by atoms with Crippen molar-refractivity contribution in [2.45, 2.75) is 85.2 Å². The summed E-state index contributed by atoms with van der Waals surface area (Å²) in [6.45, 7) is 8.94. The van der Waals surface area contributed by atoms with Crippen molar-refractivity contribution >= 4 is 5.78 Å². The molecule has 0 aliphatic rings. The molecule has 2 heteroatoms. The average Bonchev–Trinajstić information content (AvgIpc) is 2.34. The molecule has 1 unspecified atom stereocenters. The van der Waals surface area contributed by atoms with Crippen molar-refractivity contribution in [1.82, 2.24) is 0 Å². The van der Waals surface area contributed by atoms with E-state index in [1.165, 1.54) is 38.5 Å². The Hall–Kier alpha value is -0.370. The van der Waals surface area contributed by atoms with Crippen LogP contribution in [-0.2, 0) is 9.53 Å². The van der Waals surface area contributed by atoms with E-state index in [0.717, 1.165) is 6.42 Å². The number of unbranched alkanes of at least 4 members (excludes halogenated alkanes) is 6. The van der Waals surface area contributed by atoms with E-state index in [0.29, 0.717) is 24.7 Å². The molecule has 0 fully saturated rings. The van der Waals surface area contributed by atoms with Crippen molar-refractivity contribution in [2.75, 3.05) is 6.61 Å². The van der Waals surface area contributed by atoms with Crippen LogP contribution in [0.5, 0.6) is 0 Å². The third-order valence-corrected chi connectivity index (χ3v) is 3.30. The predicted octanol–water partition coefficient (Wildman–Crippen LogP) is 4.76. The Bertz CT molecular complexity index is 199. The molecule has 0 N–H and O–H groups in total. The molecule has 18 heavy (non-hydrogen) atoms. The lowest BCUT2D eigenvalue weighted by Gasteiger charge is -2.19. The second-order valence-corrected chi connectivity index (χ2v) is 5.46. The molecule has 0 spiro atoms. The first-order valence-corrected chi connectivity index (χ1v) is 7.77. The van der Waals surface area contributed by atoms with Gasteiger partial charge in [0.15, 0.2) is 5.78 Å². The van der Waals surface area contributed by atoms with Crippen molar-refractivity contribution in [3.8, 4) is 0 Å². The number of hydrogen-bond acceptors (Lipinski definition) is 2. The van der Waals surface area contributed by atoms with Gasteiger partial charge in [-0.2, -0.15) is 0 Å². The zero-order chi connectivity index (χ0) is 13.8. The first kappa shape index (κ1) is 17.6. The van der Waals surface area contributed by atoms with Gasteiger partial charge >= 0.3 is 0 Å². The summed E-state index contributed by atoms with van der Waals surface area (Å²) < 4.78 is 5.53. The summed E-state index contributed by atoms with van der Waals surface area (Å²) in [4.78, 5) is 12.0. The van der Waals surface area contributed by atoms with Crippen LogP contribution < -0.4 is 0 Å². The fraction of sp³-hybridized carbons (Fsp3) is 0.938. The van der Waals surface area contributed by atoms with Crippen molar-refractivity contribution in [3.63, 3.8) is 0 Å². The van der Waals surface area contributed by atoms with Gasteiger partial charge in [-0.1, -0.05) is 59.3 Å². The molecule has 0 aromatic heterocycles. The van der Waals surface area contributed by atoms with Gasteiger partial charge in [0.25, 0.3) is 0 Å². The van der Waals surface area contributed by atoms with Crippen LogP contribution in [0.25, 0.3) is 0 Å². The highest BCUT2D eigenvalue weighted by molar-refractivity contribution is 5.83. The van der Waals surface area contributed by atoms with Crippen LogP contribution in [0.1, 0.15) is 79.1 Å². The van der Waals surface area contributed by atoms with E-state index in [1.54, 1.807) is 0 Å². The Morgan fingerprint density at radius 3 is 2.00 bits per heavy atom. The molecule has 0 saturated heterocycles. The predicted molar refractivity (Wildman–Crippen MR) is 77.9 cm³/mol. The number of carbonyl (C=O) groups excluding carboxylic acids is 1. The molecule has 0 bridgehead atoms. The standard InChI is InChI=1S/C16H32O2/c1-5-7-8-9-10-11-12-13-15(17)16(14(3)4)18-6-2/h14,16H,5-13H2,1-4H3. The van der Waals surface area contributed by atoms with E-state index in [9.17, 15) is 4.79 Å². The summed E-state index contributed by atoms with van der Waals surface area (Å²) in [7, 11) is 0. The second kappa shape index (κ2) is 11.7. The molecular weight excluding hydrogens is 224 g/mol. The SMILES string of the molecule is CCCCCCCCCC(=O)C(OCC)C(C)C. The lowest BCUT2D eigenvalue weighted by molar-refractivity contribution is -0.133. The molecule has 1 atom stereocenters. The maximum atomic E-state index is 12.0. The third kappa shape index (κ3) is 8.68. The van der Waals surface area contributed by atoms with Gasteiger partial charge < -0.3 is 4.74 Å². The van der Waals surface area contributed by atoms with Crippen LogP contribution >= 0.6 is 0 Å². The van der Waals surface area contributed by atoms with E-state index in [-0.39, 0.29) is 6.10 Å². The third-order valence-electron chi connectivity index (χ3n) is 3.30. The zero-order valence-corrected chi connectivity index (χ0v) is 12.8. The van der Waals surface area contributed by atoms with Crippen molar-refractivity contribution in [2.24, 2.45) is 5.92 Å². The van der Waals surface area contributed by atoms with Crippen LogP contribution in [-0.4, -0.2) is 18.5 Å². The molecule has 0 heterocycles. The Morgan fingerprint density at radius 2 is 1.50 bits per heavy atom. The fourth-order valence-corrected chi connectivity index (χ4v) is 2.24. The van der Waals surface area contributed by atoms with E-state index in [2.05, 4.69) is 20.8 Å². The summed E-state index contributed by atoms with van der Waals surface area (Å²) in [5.41, 5.74) is 0. The first-order valence-electron chi connectivity index (χ1n) is 7.77. The zero-order valence-electron chi connectivity index (χ0n) is 12.8. The molecule has 0 radical (unpaired) electrons. The lowest BCUT2D eigenvalue weighted by Crippen LogP contribution is -2.29. The number of hydrogen-bond donors (Lipinski definition) is 0. The molecule has 0 aliphatic heterocycles. The van der Waals surface area contributed by atoms with Crippen LogP contribution in [0.3, 0.4) is 0 Å². The van der Waals surface area contributed by atoms with Crippen LogP contribution in [0, 0.1) is 5.92 Å². The van der Waals surface area contributed by atoms with Gasteiger partial charge in [0, 0.05) is 13.0 Å². The summed E-state index contributed by atoms with van der Waals surface area (Å²) >= 11 is 0. The Morgan fingerprint density at radius 1 is 0.944 bits per heavy atom. The van der Waals surface area contributed by atoms with Gasteiger partial charge in [0.1, 0.15) is 6.10 Å². The van der Waals surface area contributed by atoms with E-state index < -0.39 is 0 Å². The molecule has 108 valence electrons. The van der Waals surface area contributed by atoms with Gasteiger partial charge in [-0.3, -0.25) is 4.79 Å². The normalized spacial score (nSPS) is 12.9. The van der Waals surface area contributed by atoms with E-state index in [1.807, 2.05) is 6.92 Å². The van der Waals surface area contributed by atoms with Gasteiger partial charge in [-0.25, -0.2) is 0 Å². The average molecular weight is 256 g/mol. The van der Waals surface area contributed by atoms with Crippen molar-refractivity contribution in [1.29, 1.82) is 0 Å². The molecule has 0 amide bonds. The Labute approximate surface area is 113 Å². The number of Topliss-reactive ketones (excluding diaryl/α,β-unsaturated/α-hetero) is 1. The largest absolute Gasteiger partial charge is 0.370 e. The van der Waals surface area contributed by atoms with Crippen LogP contribution in [0.2, 0.25) is 0 Å². The minimum Gasteiger partial charge on any atom is -0.370 e. The monoisotopic (exact) mass is 256 g/mol. The smallest absolute Gasteiger partial charge is 0.161 e. The molecule has 0 aromatic rings. The van der Waals surface area contributed by atoms with Crippen molar-refractivity contribution in [3.05, 3.63) is 0 Å². The number of carbonyl (C=O) groups is 1. The van der Waals surface area contributed by atoms with Gasteiger partial charge in [0.2, 0.25) is 0 Å². The summed E-state index contributed by atoms with van der Waals surface area (Å²) in [5.74, 6) is 0.586. The van der Waals surface area contributed by atoms with Gasteiger partial charge in [-0.05, 0) is 19.3 Å². The highest BCUT2D eigenvalue weighted by Crippen LogP contribution is 2.14. The lowest BCUT2D eigenvalue weighted by atomic mass is 9.98. The van der Waals surface area contributed by atoms with E-state index in [4.69, 9.17) is 4.74 Å². The Balaban J connectivity index is 3.61. The minimum absolute atomic E-state index is 0.185. The summed E-state index contributed by atoms with van der Waals surface area (Å²) in [6.07, 6.45) is 9.30. The van der Waals surface area contributed by atoms with Crippen LogP contribution in [0.4, 0.5) is 0 Å². The highest BCUT2D eigenvalue weighted by atomic mass is 16.5. The molecule has 0 rings (SSSR count). The minimum atomic E-state index is -0.185. The van der Waals surface area contributed by atoms with Crippen LogP contribution in [0.15, 0.2) is 0 Å². The van der Waals surface area contributed by atoms with Gasteiger partial charge in [0.05, 0.1) is 0 Å². The Kier molecular flexibility index (Phi) is 11.5. The molecule has 0 saturated carbocycles. The van der Waals surface area contributed by atoms with E-state index >= 15 is 0 Å². The number of ketones is 1. The topological polar surface area (TPSA) is 26.3 Å². The maximum absolute atomic E-state index is 12.0. The van der Waals surface area contributed by atoms with Gasteiger partial charge in [-0.15, -0.1) is 0 Å². The summed E-state index contributed by atoms with van der Waals surface area (Å²) in [5, 5.41) is 0. The first-order chi connectivity index (χ1) is 8.63. The number of ether oxygens (including phenoxy) is 1. The quantitative estimate of drug-likeness (QED) is 0.471. The maximum Gasteiger partial charge on any atom is 0.161 e. The molecule has 2 nitrogen and oxygen atoms in total. The second-order valence-electron chi connectivity index (χ2n) is 5.46. The van der Waals surface area contributed by atoms with Crippen molar-refractivity contribution < 1.29 is 9.53 Å². The summed E-state index contributed by atoms with van der Waals surface area (Å²) in [6, 6.07) is 0. The molecule has 0 aromatic carbocycles. The number of rotatable bonds is 12. The molecule has 0 aliphatic carbocycles. The molecular formula is C16H32O2. The fourth-order valence-electron chi connectivity index (χ4n) is 2.24.